The first-order valence-corrected chi connectivity index (χ1v) is 12.5. The van der Waals surface area contributed by atoms with Crippen molar-refractivity contribution in [3.63, 3.8) is 0 Å². The number of esters is 2. The Morgan fingerprint density at radius 1 is 1.15 bits per heavy atom. The topological polar surface area (TPSA) is 71.1 Å². The second-order valence-corrected chi connectivity index (χ2v) is 9.44. The number of nitrogens with zero attached hydrogens (tertiary/aromatic N) is 2. The second-order valence-electron chi connectivity index (χ2n) is 7.63. The molecule has 2 aromatic rings. The number of thiophene rings is 1. The van der Waals surface area contributed by atoms with Gasteiger partial charge in [-0.25, -0.2) is 14.0 Å². The van der Waals surface area contributed by atoms with Gasteiger partial charge in [0.25, 0.3) is 0 Å². The van der Waals surface area contributed by atoms with E-state index < -0.39 is 11.9 Å². The molecule has 0 atom stereocenters. The fourth-order valence-corrected chi connectivity index (χ4v) is 5.28. The molecule has 1 aliphatic rings. The van der Waals surface area contributed by atoms with E-state index in [-0.39, 0.29) is 19.0 Å². The Kier molecular flexibility index (Phi) is 9.24. The molecule has 7 nitrogen and oxygen atoms in total. The van der Waals surface area contributed by atoms with E-state index in [0.29, 0.717) is 50.8 Å². The Labute approximate surface area is 212 Å². The lowest BCUT2D eigenvalue weighted by atomic mass is 10.1. The third-order valence-corrected chi connectivity index (χ3v) is 7.28. The molecule has 0 unspecified atom stereocenters. The molecule has 1 saturated heterocycles. The van der Waals surface area contributed by atoms with Crippen LogP contribution in [0.15, 0.2) is 18.2 Å². The molecule has 2 heterocycles. The average molecular weight is 528 g/mol. The normalized spacial score (nSPS) is 14.1. The summed E-state index contributed by atoms with van der Waals surface area (Å²) in [4.78, 5) is 29.5. The summed E-state index contributed by atoms with van der Waals surface area (Å²) < 4.78 is 23.6. The number of benzene rings is 1. The number of carbonyl (C=O) groups excluding carboxylic acids is 2. The number of hydrogen-bond acceptors (Lipinski definition) is 7. The van der Waals surface area contributed by atoms with Crippen LogP contribution < -0.4 is 5.32 Å². The number of anilines is 1. The second kappa shape index (κ2) is 11.9. The van der Waals surface area contributed by atoms with E-state index in [1.807, 2.05) is 4.90 Å². The van der Waals surface area contributed by atoms with E-state index in [1.54, 1.807) is 26.8 Å². The quantitative estimate of drug-likeness (QED) is 0.410. The molecule has 184 valence electrons. The van der Waals surface area contributed by atoms with E-state index in [9.17, 15) is 14.0 Å². The number of piperazine rings is 1. The fourth-order valence-electron chi connectivity index (χ4n) is 3.62. The first-order chi connectivity index (χ1) is 16.2. The number of hydrogen-bond donors (Lipinski definition) is 1. The monoisotopic (exact) mass is 527 g/mol. The minimum absolute atomic E-state index is 0.215. The van der Waals surface area contributed by atoms with Gasteiger partial charge in [-0.3, -0.25) is 4.90 Å². The minimum Gasteiger partial charge on any atom is -0.462 e. The summed E-state index contributed by atoms with van der Waals surface area (Å²) in [5.74, 6) is -1.35. The van der Waals surface area contributed by atoms with Gasteiger partial charge in [0.15, 0.2) is 5.11 Å². The Balaban J connectivity index is 1.67. The highest BCUT2D eigenvalue weighted by atomic mass is 35.5. The summed E-state index contributed by atoms with van der Waals surface area (Å²) in [6.07, 6.45) is 0. The number of thiocarbonyl (C=S) groups is 1. The van der Waals surface area contributed by atoms with E-state index in [2.05, 4.69) is 10.2 Å². The van der Waals surface area contributed by atoms with Crippen LogP contribution in [0.4, 0.5) is 9.39 Å². The van der Waals surface area contributed by atoms with Gasteiger partial charge in [-0.15, -0.1) is 11.3 Å². The summed E-state index contributed by atoms with van der Waals surface area (Å²) in [6.45, 7) is 9.01. The van der Waals surface area contributed by atoms with Gasteiger partial charge in [-0.05, 0) is 56.2 Å². The Hall–Kier alpha value is -2.27. The van der Waals surface area contributed by atoms with E-state index in [4.69, 9.17) is 33.3 Å². The van der Waals surface area contributed by atoms with Crippen molar-refractivity contribution in [3.8, 4) is 0 Å². The van der Waals surface area contributed by atoms with Crippen molar-refractivity contribution in [1.82, 2.24) is 9.80 Å². The predicted octanol–water partition coefficient (Wildman–Crippen LogP) is 4.72. The predicted molar refractivity (Wildman–Crippen MR) is 135 cm³/mol. The highest BCUT2D eigenvalue weighted by molar-refractivity contribution is 7.80. The van der Waals surface area contributed by atoms with Gasteiger partial charge in [-0.1, -0.05) is 17.7 Å². The summed E-state index contributed by atoms with van der Waals surface area (Å²) >= 11 is 12.9. The SMILES string of the molecule is CCOC(=O)c1sc(NC(=S)N2CCN(Cc3ccc(F)cc3Cl)CC2)c(C(=O)OCC)c1C. The average Bonchev–Trinajstić information content (AvgIpc) is 3.12. The summed E-state index contributed by atoms with van der Waals surface area (Å²) in [7, 11) is 0. The van der Waals surface area contributed by atoms with Gasteiger partial charge in [0, 0.05) is 37.7 Å². The van der Waals surface area contributed by atoms with Gasteiger partial charge in [0.1, 0.15) is 15.7 Å². The molecule has 0 spiro atoms. The van der Waals surface area contributed by atoms with Crippen LogP contribution >= 0.6 is 35.2 Å². The number of rotatable bonds is 7. The largest absolute Gasteiger partial charge is 0.462 e. The van der Waals surface area contributed by atoms with Crippen molar-refractivity contribution in [2.24, 2.45) is 0 Å². The lowest BCUT2D eigenvalue weighted by Crippen LogP contribution is -2.49. The minimum atomic E-state index is -0.516. The molecule has 1 N–H and O–H groups in total. The maximum Gasteiger partial charge on any atom is 0.348 e. The van der Waals surface area contributed by atoms with E-state index in [1.165, 1.54) is 12.1 Å². The van der Waals surface area contributed by atoms with Crippen molar-refractivity contribution in [1.29, 1.82) is 0 Å². The summed E-state index contributed by atoms with van der Waals surface area (Å²) in [5.41, 5.74) is 1.67. The molecule has 0 radical (unpaired) electrons. The summed E-state index contributed by atoms with van der Waals surface area (Å²) in [6, 6.07) is 4.43. The molecule has 1 aliphatic heterocycles. The Bertz CT molecular complexity index is 1070. The third-order valence-electron chi connectivity index (χ3n) is 5.38. The van der Waals surface area contributed by atoms with Gasteiger partial charge < -0.3 is 19.7 Å². The maximum atomic E-state index is 13.3. The number of carbonyl (C=O) groups is 2. The van der Waals surface area contributed by atoms with Crippen LogP contribution in [0.5, 0.6) is 0 Å². The van der Waals surface area contributed by atoms with Crippen molar-refractivity contribution in [2.45, 2.75) is 27.3 Å². The Morgan fingerprint density at radius 3 is 2.41 bits per heavy atom. The molecule has 1 aromatic heterocycles. The van der Waals surface area contributed by atoms with Gasteiger partial charge in [-0.2, -0.15) is 0 Å². The lowest BCUT2D eigenvalue weighted by Gasteiger charge is -2.36. The molecule has 0 saturated carbocycles. The van der Waals surface area contributed by atoms with Gasteiger partial charge >= 0.3 is 11.9 Å². The fraction of sp³-hybridized carbons (Fsp3) is 0.435. The van der Waals surface area contributed by atoms with Crippen molar-refractivity contribution < 1.29 is 23.5 Å². The zero-order valence-corrected chi connectivity index (χ0v) is 21.7. The van der Waals surface area contributed by atoms with Gasteiger partial charge in [0.2, 0.25) is 0 Å². The first-order valence-electron chi connectivity index (χ1n) is 10.9. The van der Waals surface area contributed by atoms with Crippen LogP contribution in [0.1, 0.15) is 45.0 Å². The molecule has 1 aromatic carbocycles. The third kappa shape index (κ3) is 6.24. The zero-order chi connectivity index (χ0) is 24.8. The number of halogens is 2. The van der Waals surface area contributed by atoms with Crippen LogP contribution in [0.2, 0.25) is 5.02 Å². The molecule has 0 aliphatic carbocycles. The molecule has 0 amide bonds. The smallest absolute Gasteiger partial charge is 0.348 e. The molecule has 11 heteroatoms. The molecule has 1 fully saturated rings. The van der Waals surface area contributed by atoms with Crippen LogP contribution in [0, 0.1) is 12.7 Å². The molecule has 34 heavy (non-hydrogen) atoms. The molecule has 3 rings (SSSR count). The van der Waals surface area contributed by atoms with Crippen LogP contribution in [-0.2, 0) is 16.0 Å². The van der Waals surface area contributed by atoms with Crippen molar-refractivity contribution >= 4 is 57.2 Å². The summed E-state index contributed by atoms with van der Waals surface area (Å²) in [5, 5.41) is 4.48. The zero-order valence-electron chi connectivity index (χ0n) is 19.3. The Morgan fingerprint density at radius 2 is 1.79 bits per heavy atom. The standard InChI is InChI=1S/C23H27ClFN3O4S2/c1-4-31-21(29)18-14(3)19(22(30)32-5-2)34-20(18)26-23(33)28-10-8-27(9-11-28)13-15-6-7-16(25)12-17(15)24/h6-7,12H,4-5,8-11,13H2,1-3H3,(H,26,33). The van der Waals surface area contributed by atoms with Crippen molar-refractivity contribution in [3.05, 3.63) is 50.6 Å². The van der Waals surface area contributed by atoms with Crippen molar-refractivity contribution in [2.75, 3.05) is 44.7 Å². The van der Waals surface area contributed by atoms with Gasteiger partial charge in [0.05, 0.1) is 18.8 Å². The van der Waals surface area contributed by atoms with Crippen LogP contribution in [0.3, 0.4) is 0 Å². The van der Waals surface area contributed by atoms with E-state index >= 15 is 0 Å². The molecular formula is C23H27ClFN3O4S2. The molecule has 0 bridgehead atoms. The first kappa shape index (κ1) is 26.3. The molecular weight excluding hydrogens is 501 g/mol. The highest BCUT2D eigenvalue weighted by Gasteiger charge is 2.28. The van der Waals surface area contributed by atoms with E-state index in [0.717, 1.165) is 30.0 Å². The number of ether oxygens (including phenoxy) is 2. The van der Waals surface area contributed by atoms with Crippen LogP contribution in [-0.4, -0.2) is 66.2 Å². The highest BCUT2D eigenvalue weighted by Crippen LogP contribution is 2.34. The lowest BCUT2D eigenvalue weighted by molar-refractivity contribution is 0.0527. The van der Waals surface area contributed by atoms with Crippen LogP contribution in [0.25, 0.3) is 0 Å². The maximum absolute atomic E-state index is 13.3. The number of nitrogens with one attached hydrogen (secondary N) is 1.